The molecule has 0 fully saturated rings. The average molecular weight is 217 g/mol. The van der Waals surface area contributed by atoms with Crippen LogP contribution in [-0.2, 0) is 4.74 Å². The lowest BCUT2D eigenvalue weighted by Gasteiger charge is -2.26. The van der Waals surface area contributed by atoms with E-state index in [4.69, 9.17) is 15.7 Å². The Hall–Kier alpha value is -0.810. The Kier molecular flexibility index (Phi) is 7.07. The summed E-state index contributed by atoms with van der Waals surface area (Å²) in [4.78, 5) is 2.22. The summed E-state index contributed by atoms with van der Waals surface area (Å²) in [6.07, 6.45) is 0.199. The van der Waals surface area contributed by atoms with Gasteiger partial charge in [-0.15, -0.1) is 0 Å². The van der Waals surface area contributed by atoms with E-state index in [2.05, 4.69) is 17.0 Å². The SMILES string of the molecule is CCN(CC(C)OC)CC(C)C(N)=NO. The van der Waals surface area contributed by atoms with Crippen LogP contribution in [0.2, 0.25) is 0 Å². The minimum atomic E-state index is 0.0546. The van der Waals surface area contributed by atoms with Crippen molar-refractivity contribution in [3.63, 3.8) is 0 Å². The molecule has 0 spiro atoms. The highest BCUT2D eigenvalue weighted by Gasteiger charge is 2.14. The molecule has 0 saturated carbocycles. The maximum Gasteiger partial charge on any atom is 0.143 e. The van der Waals surface area contributed by atoms with Crippen molar-refractivity contribution in [3.05, 3.63) is 0 Å². The van der Waals surface area contributed by atoms with E-state index in [9.17, 15) is 0 Å². The van der Waals surface area contributed by atoms with Gasteiger partial charge in [0.1, 0.15) is 5.84 Å². The van der Waals surface area contributed by atoms with Crippen LogP contribution in [-0.4, -0.2) is 48.8 Å². The summed E-state index contributed by atoms with van der Waals surface area (Å²) in [6, 6.07) is 0. The predicted molar refractivity (Wildman–Crippen MR) is 61.2 cm³/mol. The number of ether oxygens (including phenoxy) is 1. The number of rotatable bonds is 7. The number of likely N-dealkylation sites (N-methyl/N-ethyl adjacent to an activating group) is 1. The second-order valence-electron chi connectivity index (χ2n) is 3.82. The molecule has 0 heterocycles. The third-order valence-corrected chi connectivity index (χ3v) is 2.52. The van der Waals surface area contributed by atoms with Gasteiger partial charge in [-0.1, -0.05) is 19.0 Å². The van der Waals surface area contributed by atoms with Crippen molar-refractivity contribution in [2.24, 2.45) is 16.8 Å². The molecule has 0 aliphatic rings. The van der Waals surface area contributed by atoms with Crippen LogP contribution in [0.4, 0.5) is 0 Å². The highest BCUT2D eigenvalue weighted by atomic mass is 16.5. The Bertz CT molecular complexity index is 197. The van der Waals surface area contributed by atoms with Crippen molar-refractivity contribution in [3.8, 4) is 0 Å². The lowest BCUT2D eigenvalue weighted by molar-refractivity contribution is 0.0765. The van der Waals surface area contributed by atoms with Gasteiger partial charge in [-0.05, 0) is 13.5 Å². The van der Waals surface area contributed by atoms with Crippen LogP contribution in [0.5, 0.6) is 0 Å². The molecule has 0 radical (unpaired) electrons. The summed E-state index contributed by atoms with van der Waals surface area (Å²) in [5.74, 6) is 0.331. The fourth-order valence-corrected chi connectivity index (χ4v) is 1.35. The van der Waals surface area contributed by atoms with Gasteiger partial charge in [-0.3, -0.25) is 0 Å². The molecule has 0 rings (SSSR count). The van der Waals surface area contributed by atoms with Crippen molar-refractivity contribution in [2.45, 2.75) is 26.9 Å². The number of hydrogen-bond acceptors (Lipinski definition) is 4. The molecule has 0 aromatic heterocycles. The number of nitrogens with two attached hydrogens (primary N) is 1. The van der Waals surface area contributed by atoms with Gasteiger partial charge in [-0.2, -0.15) is 0 Å². The van der Waals surface area contributed by atoms with E-state index in [0.29, 0.717) is 0 Å². The molecule has 0 aliphatic heterocycles. The van der Waals surface area contributed by atoms with Gasteiger partial charge < -0.3 is 20.6 Å². The lowest BCUT2D eigenvalue weighted by Crippen LogP contribution is -2.38. The van der Waals surface area contributed by atoms with Gasteiger partial charge in [-0.25, -0.2) is 0 Å². The second kappa shape index (κ2) is 7.48. The van der Waals surface area contributed by atoms with E-state index in [1.165, 1.54) is 0 Å². The minimum absolute atomic E-state index is 0.0546. The van der Waals surface area contributed by atoms with Crippen LogP contribution < -0.4 is 5.73 Å². The molecular weight excluding hydrogens is 194 g/mol. The van der Waals surface area contributed by atoms with Crippen molar-refractivity contribution >= 4 is 5.84 Å². The Balaban J connectivity index is 4.09. The van der Waals surface area contributed by atoms with Crippen LogP contribution in [0.1, 0.15) is 20.8 Å². The fourth-order valence-electron chi connectivity index (χ4n) is 1.35. The Labute approximate surface area is 91.9 Å². The zero-order chi connectivity index (χ0) is 11.8. The fraction of sp³-hybridized carbons (Fsp3) is 0.900. The standard InChI is InChI=1S/C10H23N3O2/c1-5-13(7-9(3)15-4)6-8(2)10(11)12-14/h8-9,14H,5-7H2,1-4H3,(H2,11,12). The maximum atomic E-state index is 8.54. The Morgan fingerprint density at radius 1 is 1.47 bits per heavy atom. The van der Waals surface area contributed by atoms with Gasteiger partial charge in [0.25, 0.3) is 0 Å². The van der Waals surface area contributed by atoms with Gasteiger partial charge in [0.2, 0.25) is 0 Å². The highest BCUT2D eigenvalue weighted by molar-refractivity contribution is 5.82. The molecule has 5 heteroatoms. The minimum Gasteiger partial charge on any atom is -0.409 e. The van der Waals surface area contributed by atoms with Crippen LogP contribution in [0.25, 0.3) is 0 Å². The third kappa shape index (κ3) is 5.59. The summed E-state index contributed by atoms with van der Waals surface area (Å²) < 4.78 is 5.20. The summed E-state index contributed by atoms with van der Waals surface area (Å²) in [5, 5.41) is 11.6. The molecule has 0 aromatic carbocycles. The van der Waals surface area contributed by atoms with Gasteiger partial charge in [0.05, 0.1) is 6.10 Å². The van der Waals surface area contributed by atoms with Crippen LogP contribution in [0.15, 0.2) is 5.16 Å². The number of methoxy groups -OCH3 is 1. The quantitative estimate of drug-likeness (QED) is 0.285. The van der Waals surface area contributed by atoms with Crippen LogP contribution in [0.3, 0.4) is 0 Å². The average Bonchev–Trinajstić information content (AvgIpc) is 2.26. The molecule has 0 amide bonds. The zero-order valence-corrected chi connectivity index (χ0v) is 10.1. The van der Waals surface area contributed by atoms with Crippen molar-refractivity contribution in [1.29, 1.82) is 0 Å². The van der Waals surface area contributed by atoms with E-state index < -0.39 is 0 Å². The van der Waals surface area contributed by atoms with E-state index in [1.54, 1.807) is 7.11 Å². The monoisotopic (exact) mass is 217 g/mol. The van der Waals surface area contributed by atoms with Crippen LogP contribution in [0, 0.1) is 5.92 Å². The second-order valence-corrected chi connectivity index (χ2v) is 3.82. The third-order valence-electron chi connectivity index (χ3n) is 2.52. The molecule has 2 unspecified atom stereocenters. The first kappa shape index (κ1) is 14.2. The van der Waals surface area contributed by atoms with E-state index >= 15 is 0 Å². The van der Waals surface area contributed by atoms with E-state index in [-0.39, 0.29) is 17.9 Å². The van der Waals surface area contributed by atoms with Crippen molar-refractivity contribution < 1.29 is 9.94 Å². The van der Waals surface area contributed by atoms with Crippen molar-refractivity contribution in [2.75, 3.05) is 26.7 Å². The molecular formula is C10H23N3O2. The Morgan fingerprint density at radius 3 is 2.47 bits per heavy atom. The molecule has 0 saturated heterocycles. The van der Waals surface area contributed by atoms with Crippen molar-refractivity contribution in [1.82, 2.24) is 4.90 Å². The van der Waals surface area contributed by atoms with Gasteiger partial charge in [0, 0.05) is 26.1 Å². The number of oxime groups is 1. The molecule has 0 aliphatic carbocycles. The molecule has 15 heavy (non-hydrogen) atoms. The maximum absolute atomic E-state index is 8.54. The first-order chi connectivity index (χ1) is 7.04. The summed E-state index contributed by atoms with van der Waals surface area (Å²) in [6.45, 7) is 8.61. The molecule has 5 nitrogen and oxygen atoms in total. The number of nitrogens with zero attached hydrogens (tertiary/aromatic N) is 2. The summed E-state index contributed by atoms with van der Waals surface area (Å²) >= 11 is 0. The first-order valence-corrected chi connectivity index (χ1v) is 5.27. The normalized spacial score (nSPS) is 16.7. The largest absolute Gasteiger partial charge is 0.409 e. The molecule has 0 aromatic rings. The number of amidine groups is 1. The van der Waals surface area contributed by atoms with E-state index in [0.717, 1.165) is 19.6 Å². The summed E-state index contributed by atoms with van der Waals surface area (Å²) in [5.41, 5.74) is 5.52. The summed E-state index contributed by atoms with van der Waals surface area (Å²) in [7, 11) is 1.70. The lowest BCUT2D eigenvalue weighted by atomic mass is 10.1. The molecule has 2 atom stereocenters. The first-order valence-electron chi connectivity index (χ1n) is 5.27. The van der Waals surface area contributed by atoms with E-state index in [1.807, 2.05) is 13.8 Å². The van der Waals surface area contributed by atoms with Crippen LogP contribution >= 0.6 is 0 Å². The smallest absolute Gasteiger partial charge is 0.143 e. The Morgan fingerprint density at radius 2 is 2.07 bits per heavy atom. The number of hydrogen-bond donors (Lipinski definition) is 2. The van der Waals surface area contributed by atoms with Gasteiger partial charge in [0.15, 0.2) is 0 Å². The molecule has 0 bridgehead atoms. The molecule has 90 valence electrons. The van der Waals surface area contributed by atoms with Gasteiger partial charge >= 0.3 is 0 Å². The zero-order valence-electron chi connectivity index (χ0n) is 10.1. The topological polar surface area (TPSA) is 71.1 Å². The highest BCUT2D eigenvalue weighted by Crippen LogP contribution is 2.02. The predicted octanol–water partition coefficient (Wildman–Crippen LogP) is 0.726. The molecule has 3 N–H and O–H groups in total.